The highest BCUT2D eigenvalue weighted by atomic mass is 16.7. The van der Waals surface area contributed by atoms with Crippen LogP contribution in [0.3, 0.4) is 0 Å². The van der Waals surface area contributed by atoms with Crippen LogP contribution in [0, 0.1) is 12.3 Å². The number of azide groups is 1. The third-order valence-corrected chi connectivity index (χ3v) is 0.884. The fourth-order valence-corrected chi connectivity index (χ4v) is 0.414. The van der Waals surface area contributed by atoms with Gasteiger partial charge in [0.2, 0.25) is 0 Å². The van der Waals surface area contributed by atoms with Crippen LogP contribution in [0.2, 0.25) is 0 Å². The van der Waals surface area contributed by atoms with Crippen molar-refractivity contribution in [2.75, 3.05) is 20.4 Å². The summed E-state index contributed by atoms with van der Waals surface area (Å²) in [5.74, 6) is 2.30. The zero-order chi connectivity index (χ0) is 8.53. The molecule has 0 aliphatic heterocycles. The van der Waals surface area contributed by atoms with Crippen LogP contribution < -0.4 is 0 Å². The summed E-state index contributed by atoms with van der Waals surface area (Å²) in [6.07, 6.45) is 4.55. The molecular weight excluding hydrogens is 146 g/mol. The fourth-order valence-electron chi connectivity index (χ4n) is 0.414. The zero-order valence-corrected chi connectivity index (χ0v) is 6.23. The maximum absolute atomic E-state index is 7.94. The second kappa shape index (κ2) is 6.90. The lowest BCUT2D eigenvalue weighted by molar-refractivity contribution is -0.0491. The van der Waals surface area contributed by atoms with E-state index in [1.807, 2.05) is 0 Å². The molecule has 0 bridgehead atoms. The van der Waals surface area contributed by atoms with Gasteiger partial charge >= 0.3 is 0 Å². The molecule has 0 unspecified atom stereocenters. The summed E-state index contributed by atoms with van der Waals surface area (Å²) >= 11 is 0. The summed E-state index contributed by atoms with van der Waals surface area (Å²) in [6.45, 7) is 0.242. The molecule has 0 saturated heterocycles. The Bertz CT molecular complexity index is 181. The topological polar surface area (TPSA) is 67.2 Å². The van der Waals surface area contributed by atoms with Crippen molar-refractivity contribution in [2.45, 2.75) is 6.10 Å². The van der Waals surface area contributed by atoms with Gasteiger partial charge in [-0.05, 0) is 5.53 Å². The van der Waals surface area contributed by atoms with Gasteiger partial charge in [0.05, 0.1) is 6.54 Å². The molecule has 1 atom stereocenters. The van der Waals surface area contributed by atoms with Gasteiger partial charge < -0.3 is 9.47 Å². The quantitative estimate of drug-likeness (QED) is 0.195. The zero-order valence-electron chi connectivity index (χ0n) is 6.23. The van der Waals surface area contributed by atoms with Crippen LogP contribution in [0.15, 0.2) is 5.11 Å². The van der Waals surface area contributed by atoms with Crippen molar-refractivity contribution >= 4 is 0 Å². The number of nitrogens with zero attached hydrogens (tertiary/aromatic N) is 3. The standard InChI is InChI=1S/C6H9N3O2/c1-3-6(4-8-9-7)11-5-10-2/h1,6H,4-5H2,2H3/t6-/m1/s1. The third kappa shape index (κ3) is 5.25. The molecule has 60 valence electrons. The van der Waals surface area contributed by atoms with Gasteiger partial charge in [-0.3, -0.25) is 0 Å². The Hall–Kier alpha value is -1.21. The molecule has 0 aromatic rings. The SMILES string of the molecule is C#C[C@H](CN=[N+]=[N-])OCOC. The average Bonchev–Trinajstić information content (AvgIpc) is 2.05. The molecule has 0 heterocycles. The molecule has 0 amide bonds. The molecule has 5 nitrogen and oxygen atoms in total. The largest absolute Gasteiger partial charge is 0.359 e. The van der Waals surface area contributed by atoms with Crippen molar-refractivity contribution in [3.8, 4) is 12.3 Å². The Kier molecular flexibility index (Phi) is 6.14. The first-order valence-electron chi connectivity index (χ1n) is 2.92. The summed E-state index contributed by atoms with van der Waals surface area (Å²) in [5.41, 5.74) is 7.94. The van der Waals surface area contributed by atoms with E-state index < -0.39 is 6.10 Å². The maximum Gasteiger partial charge on any atom is 0.148 e. The van der Waals surface area contributed by atoms with Crippen molar-refractivity contribution in [2.24, 2.45) is 5.11 Å². The van der Waals surface area contributed by atoms with E-state index in [1.165, 1.54) is 7.11 Å². The second-order valence-corrected chi connectivity index (χ2v) is 1.64. The summed E-state index contributed by atoms with van der Waals surface area (Å²) in [4.78, 5) is 2.54. The molecule has 0 fully saturated rings. The van der Waals surface area contributed by atoms with E-state index in [1.54, 1.807) is 0 Å². The summed E-state index contributed by atoms with van der Waals surface area (Å²) < 4.78 is 9.52. The van der Waals surface area contributed by atoms with E-state index in [0.29, 0.717) is 0 Å². The Labute approximate surface area is 64.9 Å². The van der Waals surface area contributed by atoms with Gasteiger partial charge in [-0.1, -0.05) is 11.0 Å². The first-order chi connectivity index (χ1) is 5.35. The number of hydrogen-bond acceptors (Lipinski definition) is 3. The van der Waals surface area contributed by atoms with Crippen LogP contribution in [0.5, 0.6) is 0 Å². The number of rotatable bonds is 5. The molecule has 0 aromatic heterocycles. The Morgan fingerprint density at radius 2 is 2.55 bits per heavy atom. The van der Waals surface area contributed by atoms with E-state index >= 15 is 0 Å². The first-order valence-corrected chi connectivity index (χ1v) is 2.92. The summed E-state index contributed by atoms with van der Waals surface area (Å²) in [5, 5.41) is 3.25. The Morgan fingerprint density at radius 1 is 1.82 bits per heavy atom. The average molecular weight is 155 g/mol. The molecule has 0 saturated carbocycles. The smallest absolute Gasteiger partial charge is 0.148 e. The molecule has 0 rings (SSSR count). The minimum Gasteiger partial charge on any atom is -0.359 e. The van der Waals surface area contributed by atoms with Gasteiger partial charge in [-0.15, -0.1) is 6.42 Å². The lowest BCUT2D eigenvalue weighted by Gasteiger charge is -2.06. The Balaban J connectivity index is 3.60. The van der Waals surface area contributed by atoms with Gasteiger partial charge in [0, 0.05) is 12.0 Å². The van der Waals surface area contributed by atoms with E-state index in [-0.39, 0.29) is 13.3 Å². The van der Waals surface area contributed by atoms with Crippen molar-refractivity contribution < 1.29 is 9.47 Å². The summed E-state index contributed by atoms with van der Waals surface area (Å²) in [6, 6.07) is 0. The van der Waals surface area contributed by atoms with Crippen LogP contribution in [0.25, 0.3) is 10.4 Å². The fraction of sp³-hybridized carbons (Fsp3) is 0.667. The minimum absolute atomic E-state index is 0.107. The molecular formula is C6H9N3O2. The molecule has 0 aliphatic rings. The van der Waals surface area contributed by atoms with Crippen molar-refractivity contribution in [3.63, 3.8) is 0 Å². The highest BCUT2D eigenvalue weighted by Gasteiger charge is 2.01. The number of hydrogen-bond donors (Lipinski definition) is 0. The second-order valence-electron chi connectivity index (χ2n) is 1.64. The Morgan fingerprint density at radius 3 is 3.00 bits per heavy atom. The molecule has 0 aliphatic carbocycles. The van der Waals surface area contributed by atoms with E-state index in [9.17, 15) is 0 Å². The van der Waals surface area contributed by atoms with Crippen LogP contribution in [0.1, 0.15) is 0 Å². The molecule has 0 radical (unpaired) electrons. The molecule has 0 N–H and O–H groups in total. The minimum atomic E-state index is -0.495. The predicted octanol–water partition coefficient (Wildman–Crippen LogP) is 0.919. The number of ether oxygens (including phenoxy) is 2. The van der Waals surface area contributed by atoms with Crippen LogP contribution in [-0.4, -0.2) is 26.6 Å². The third-order valence-electron chi connectivity index (χ3n) is 0.884. The number of terminal acetylenes is 1. The predicted molar refractivity (Wildman–Crippen MR) is 39.6 cm³/mol. The molecule has 5 heteroatoms. The maximum atomic E-state index is 7.94. The van der Waals surface area contributed by atoms with Crippen LogP contribution in [0.4, 0.5) is 0 Å². The van der Waals surface area contributed by atoms with Crippen LogP contribution >= 0.6 is 0 Å². The molecule has 11 heavy (non-hydrogen) atoms. The lowest BCUT2D eigenvalue weighted by atomic mass is 10.4. The van der Waals surface area contributed by atoms with Gasteiger partial charge in [0.25, 0.3) is 0 Å². The monoisotopic (exact) mass is 155 g/mol. The van der Waals surface area contributed by atoms with E-state index in [4.69, 9.17) is 16.7 Å². The van der Waals surface area contributed by atoms with Gasteiger partial charge in [-0.25, -0.2) is 0 Å². The van der Waals surface area contributed by atoms with Gasteiger partial charge in [0.1, 0.15) is 12.9 Å². The van der Waals surface area contributed by atoms with Gasteiger partial charge in [0.15, 0.2) is 0 Å². The molecule has 0 spiro atoms. The first kappa shape index (κ1) is 9.79. The van der Waals surface area contributed by atoms with Gasteiger partial charge in [-0.2, -0.15) is 0 Å². The lowest BCUT2D eigenvalue weighted by Crippen LogP contribution is -2.15. The van der Waals surface area contributed by atoms with E-state index in [0.717, 1.165) is 0 Å². The van der Waals surface area contributed by atoms with Crippen molar-refractivity contribution in [1.82, 2.24) is 0 Å². The summed E-state index contributed by atoms with van der Waals surface area (Å²) in [7, 11) is 1.49. The highest BCUT2D eigenvalue weighted by molar-refractivity contribution is 4.95. The normalized spacial score (nSPS) is 11.3. The van der Waals surface area contributed by atoms with Crippen LogP contribution in [-0.2, 0) is 9.47 Å². The van der Waals surface area contributed by atoms with Crippen molar-refractivity contribution in [3.05, 3.63) is 10.4 Å². The van der Waals surface area contributed by atoms with E-state index in [2.05, 4.69) is 20.7 Å². The number of methoxy groups -OCH3 is 1. The molecule has 0 aromatic carbocycles. The van der Waals surface area contributed by atoms with Crippen molar-refractivity contribution in [1.29, 1.82) is 0 Å². The highest BCUT2D eigenvalue weighted by Crippen LogP contribution is 1.91.